The first-order valence-corrected chi connectivity index (χ1v) is 13.0. The molecule has 1 fully saturated rings. The SMILES string of the molecule is COC(OC)C1CCN(c2ccc(C3(O)CCC(F)(F)c4cc(OCc5ccccc5)ccc43)nc2)CC1. The lowest BCUT2D eigenvalue weighted by molar-refractivity contribution is -0.141. The zero-order chi connectivity index (χ0) is 26.8. The van der Waals surface area contributed by atoms with E-state index in [-0.39, 0.29) is 30.4 Å². The molecule has 2 aromatic carbocycles. The molecule has 1 saturated heterocycles. The normalized spacial score (nSPS) is 21.4. The van der Waals surface area contributed by atoms with Gasteiger partial charge in [-0.2, -0.15) is 0 Å². The van der Waals surface area contributed by atoms with Crippen molar-refractivity contribution in [3.63, 3.8) is 0 Å². The highest BCUT2D eigenvalue weighted by Gasteiger charge is 2.49. The van der Waals surface area contributed by atoms with Crippen LogP contribution in [0.2, 0.25) is 0 Å². The summed E-state index contributed by atoms with van der Waals surface area (Å²) in [7, 11) is 3.32. The van der Waals surface area contributed by atoms with Crippen LogP contribution in [-0.4, -0.2) is 43.7 Å². The van der Waals surface area contributed by atoms with Crippen molar-refractivity contribution in [2.45, 2.75) is 50.1 Å². The third-order valence-electron chi connectivity index (χ3n) is 7.81. The van der Waals surface area contributed by atoms with Gasteiger partial charge < -0.3 is 24.2 Å². The number of hydrogen-bond acceptors (Lipinski definition) is 6. The number of pyridine rings is 1. The van der Waals surface area contributed by atoms with E-state index in [0.29, 0.717) is 17.4 Å². The fraction of sp³-hybridized carbons (Fsp3) is 0.433. The molecule has 5 rings (SSSR count). The van der Waals surface area contributed by atoms with Gasteiger partial charge in [0.1, 0.15) is 18.0 Å². The van der Waals surface area contributed by atoms with Crippen LogP contribution in [0, 0.1) is 5.92 Å². The van der Waals surface area contributed by atoms with Crippen molar-refractivity contribution in [1.82, 2.24) is 4.98 Å². The van der Waals surface area contributed by atoms with Gasteiger partial charge >= 0.3 is 0 Å². The number of alkyl halides is 2. The minimum absolute atomic E-state index is 0.121. The smallest absolute Gasteiger partial charge is 0.273 e. The lowest BCUT2D eigenvalue weighted by Crippen LogP contribution is -2.39. The third kappa shape index (κ3) is 5.25. The second-order valence-corrected chi connectivity index (χ2v) is 10.1. The van der Waals surface area contributed by atoms with Gasteiger partial charge in [0.25, 0.3) is 5.92 Å². The number of aromatic nitrogens is 1. The van der Waals surface area contributed by atoms with Crippen molar-refractivity contribution in [3.8, 4) is 5.75 Å². The Morgan fingerprint density at radius 1 is 0.974 bits per heavy atom. The largest absolute Gasteiger partial charge is 0.489 e. The molecular weight excluding hydrogens is 490 g/mol. The first-order chi connectivity index (χ1) is 18.3. The molecule has 38 heavy (non-hydrogen) atoms. The van der Waals surface area contributed by atoms with E-state index in [2.05, 4.69) is 9.88 Å². The molecule has 8 heteroatoms. The summed E-state index contributed by atoms with van der Waals surface area (Å²) < 4.78 is 46.7. The summed E-state index contributed by atoms with van der Waals surface area (Å²) in [6, 6.07) is 17.7. The van der Waals surface area contributed by atoms with Gasteiger partial charge in [-0.3, -0.25) is 4.98 Å². The molecule has 1 N–H and O–H groups in total. The number of piperidine rings is 1. The van der Waals surface area contributed by atoms with Crippen LogP contribution in [0.25, 0.3) is 0 Å². The number of ether oxygens (including phenoxy) is 3. The molecule has 1 aliphatic heterocycles. The zero-order valence-corrected chi connectivity index (χ0v) is 21.8. The topological polar surface area (TPSA) is 64.1 Å². The monoisotopic (exact) mass is 524 g/mol. The average Bonchev–Trinajstić information content (AvgIpc) is 2.96. The molecule has 0 bridgehead atoms. The Morgan fingerprint density at radius 3 is 2.37 bits per heavy atom. The predicted octanol–water partition coefficient (Wildman–Crippen LogP) is 5.62. The van der Waals surface area contributed by atoms with E-state index < -0.39 is 17.9 Å². The maximum atomic E-state index is 15.0. The molecule has 2 heterocycles. The number of aliphatic hydroxyl groups is 1. The third-order valence-corrected chi connectivity index (χ3v) is 7.81. The highest BCUT2D eigenvalue weighted by Crippen LogP contribution is 2.50. The molecule has 6 nitrogen and oxygen atoms in total. The molecule has 3 aromatic rings. The van der Waals surface area contributed by atoms with Gasteiger partial charge in [-0.05, 0) is 54.7 Å². The molecule has 0 radical (unpaired) electrons. The first-order valence-electron chi connectivity index (χ1n) is 13.0. The highest BCUT2D eigenvalue weighted by molar-refractivity contribution is 5.50. The number of nitrogens with zero attached hydrogens (tertiary/aromatic N) is 2. The summed E-state index contributed by atoms with van der Waals surface area (Å²) in [6.45, 7) is 1.94. The van der Waals surface area contributed by atoms with E-state index >= 15 is 8.78 Å². The van der Waals surface area contributed by atoms with Crippen LogP contribution < -0.4 is 9.64 Å². The summed E-state index contributed by atoms with van der Waals surface area (Å²) in [4.78, 5) is 6.80. The lowest BCUT2D eigenvalue weighted by Gasteiger charge is -2.38. The average molecular weight is 525 g/mol. The summed E-state index contributed by atoms with van der Waals surface area (Å²) >= 11 is 0. The maximum Gasteiger partial charge on any atom is 0.273 e. The molecule has 0 amide bonds. The minimum atomic E-state index is -3.07. The molecule has 1 aliphatic carbocycles. The van der Waals surface area contributed by atoms with Crippen LogP contribution in [0.5, 0.6) is 5.75 Å². The van der Waals surface area contributed by atoms with Gasteiger partial charge in [0, 0.05) is 45.2 Å². The van der Waals surface area contributed by atoms with Crippen LogP contribution in [0.15, 0.2) is 66.9 Å². The van der Waals surface area contributed by atoms with Crippen LogP contribution in [0.3, 0.4) is 0 Å². The van der Waals surface area contributed by atoms with Gasteiger partial charge in [-0.15, -0.1) is 0 Å². The summed E-state index contributed by atoms with van der Waals surface area (Å²) in [6.07, 6.45) is 2.77. The Balaban J connectivity index is 1.33. The molecule has 0 spiro atoms. The first kappa shape index (κ1) is 26.5. The van der Waals surface area contributed by atoms with Gasteiger partial charge in [-0.25, -0.2) is 8.78 Å². The van der Waals surface area contributed by atoms with Crippen molar-refractivity contribution in [2.24, 2.45) is 5.92 Å². The van der Waals surface area contributed by atoms with E-state index in [1.54, 1.807) is 38.6 Å². The molecule has 1 aromatic heterocycles. The summed E-state index contributed by atoms with van der Waals surface area (Å²) in [5.41, 5.74) is 0.602. The Hall–Kier alpha value is -3.07. The number of rotatable bonds is 8. The fourth-order valence-corrected chi connectivity index (χ4v) is 5.62. The molecule has 2 aliphatic rings. The second kappa shape index (κ2) is 11.0. The van der Waals surface area contributed by atoms with Gasteiger partial charge in [-0.1, -0.05) is 36.4 Å². The van der Waals surface area contributed by atoms with Crippen molar-refractivity contribution in [3.05, 3.63) is 89.2 Å². The van der Waals surface area contributed by atoms with Crippen molar-refractivity contribution in [1.29, 1.82) is 0 Å². The lowest BCUT2D eigenvalue weighted by atomic mass is 9.75. The Kier molecular flexibility index (Phi) is 7.66. The van der Waals surface area contributed by atoms with Crippen molar-refractivity contribution >= 4 is 5.69 Å². The van der Waals surface area contributed by atoms with E-state index in [9.17, 15) is 5.11 Å². The van der Waals surface area contributed by atoms with Crippen LogP contribution in [-0.2, 0) is 27.6 Å². The summed E-state index contributed by atoms with van der Waals surface area (Å²) in [5.74, 6) is -2.40. The maximum absolute atomic E-state index is 15.0. The van der Waals surface area contributed by atoms with Gasteiger partial charge in [0.2, 0.25) is 0 Å². The van der Waals surface area contributed by atoms with E-state index in [1.807, 2.05) is 36.4 Å². The second-order valence-electron chi connectivity index (χ2n) is 10.1. The molecule has 1 unspecified atom stereocenters. The molecule has 1 atom stereocenters. The van der Waals surface area contributed by atoms with E-state index in [4.69, 9.17) is 14.2 Å². The number of hydrogen-bond donors (Lipinski definition) is 1. The van der Waals surface area contributed by atoms with Gasteiger partial charge in [0.05, 0.1) is 17.6 Å². The van der Waals surface area contributed by atoms with Crippen molar-refractivity contribution in [2.75, 3.05) is 32.2 Å². The predicted molar refractivity (Wildman–Crippen MR) is 140 cm³/mol. The number of methoxy groups -OCH3 is 2. The molecular formula is C30H34F2N2O4. The van der Waals surface area contributed by atoms with E-state index in [1.165, 1.54) is 6.07 Å². The fourth-order valence-electron chi connectivity index (χ4n) is 5.62. The molecule has 0 saturated carbocycles. The highest BCUT2D eigenvalue weighted by atomic mass is 19.3. The Labute approximate surface area is 222 Å². The minimum Gasteiger partial charge on any atom is -0.489 e. The standard InChI is InChI=1S/C30H34F2N2O4/c1-36-28(37-2)22-12-16-34(17-13-22)23-8-11-27(33-19-23)29(35)14-15-30(31,32)26-18-24(9-10-25(26)29)38-20-21-6-4-3-5-7-21/h3-11,18-19,22,28,35H,12-17,20H2,1-2H3. The number of anilines is 1. The number of benzene rings is 2. The van der Waals surface area contributed by atoms with Crippen molar-refractivity contribution < 1.29 is 28.1 Å². The quantitative estimate of drug-likeness (QED) is 0.386. The Morgan fingerprint density at radius 2 is 1.71 bits per heavy atom. The van der Waals surface area contributed by atoms with Crippen LogP contribution in [0.1, 0.15) is 48.1 Å². The summed E-state index contributed by atoms with van der Waals surface area (Å²) in [5, 5.41) is 11.7. The zero-order valence-electron chi connectivity index (χ0n) is 21.8. The Bertz CT molecular complexity index is 1210. The van der Waals surface area contributed by atoms with Crippen LogP contribution >= 0.6 is 0 Å². The molecule has 202 valence electrons. The number of halogens is 2. The number of fused-ring (bicyclic) bond motifs is 1. The van der Waals surface area contributed by atoms with E-state index in [0.717, 1.165) is 37.2 Å². The van der Waals surface area contributed by atoms with Crippen LogP contribution in [0.4, 0.5) is 14.5 Å². The van der Waals surface area contributed by atoms with Gasteiger partial charge in [0.15, 0.2) is 6.29 Å².